The third-order valence-electron chi connectivity index (χ3n) is 5.81. The van der Waals surface area contributed by atoms with Crippen molar-refractivity contribution in [2.45, 2.75) is 77.7 Å². The van der Waals surface area contributed by atoms with Gasteiger partial charge in [0.15, 0.2) is 0 Å². The number of likely N-dealkylation sites (tertiary alicyclic amines) is 1. The molecule has 4 unspecified atom stereocenters. The highest BCUT2D eigenvalue weighted by molar-refractivity contribution is 4.86. The summed E-state index contributed by atoms with van der Waals surface area (Å²) in [5.74, 6) is 2.77. The predicted octanol–water partition coefficient (Wildman–Crippen LogP) is 4.04. The molecule has 2 aliphatic rings. The van der Waals surface area contributed by atoms with Gasteiger partial charge in [0, 0.05) is 12.6 Å². The summed E-state index contributed by atoms with van der Waals surface area (Å²) in [6, 6.07) is 0.665. The maximum Gasteiger partial charge on any atom is 0.0246 e. The Morgan fingerprint density at radius 1 is 1.10 bits per heavy atom. The van der Waals surface area contributed by atoms with Gasteiger partial charge in [0.25, 0.3) is 0 Å². The highest BCUT2D eigenvalue weighted by Gasteiger charge is 2.31. The van der Waals surface area contributed by atoms with Crippen LogP contribution in [0.25, 0.3) is 0 Å². The number of hydrogen-bond donors (Lipinski definition) is 1. The predicted molar refractivity (Wildman–Crippen MR) is 87.8 cm³/mol. The minimum atomic E-state index is 0.665. The molecule has 0 aromatic rings. The van der Waals surface area contributed by atoms with Crippen LogP contribution in [0.3, 0.4) is 0 Å². The van der Waals surface area contributed by atoms with E-state index in [4.69, 9.17) is 5.73 Å². The molecule has 2 fully saturated rings. The van der Waals surface area contributed by atoms with Gasteiger partial charge in [-0.25, -0.2) is 0 Å². The van der Waals surface area contributed by atoms with Gasteiger partial charge in [0.05, 0.1) is 0 Å². The molecule has 1 aliphatic carbocycles. The fraction of sp³-hybridized carbons (Fsp3) is 1.00. The summed E-state index contributed by atoms with van der Waals surface area (Å²) in [4.78, 5) is 2.76. The van der Waals surface area contributed by atoms with Crippen LogP contribution in [-0.2, 0) is 0 Å². The molecule has 20 heavy (non-hydrogen) atoms. The summed E-state index contributed by atoms with van der Waals surface area (Å²) in [5.41, 5.74) is 6.18. The topological polar surface area (TPSA) is 29.3 Å². The Labute approximate surface area is 126 Å². The molecule has 2 rings (SSSR count). The van der Waals surface area contributed by atoms with Crippen molar-refractivity contribution in [2.24, 2.45) is 23.5 Å². The van der Waals surface area contributed by atoms with Crippen molar-refractivity contribution >= 4 is 0 Å². The van der Waals surface area contributed by atoms with Crippen molar-refractivity contribution in [1.29, 1.82) is 0 Å². The molecule has 1 heterocycles. The van der Waals surface area contributed by atoms with Gasteiger partial charge >= 0.3 is 0 Å². The van der Waals surface area contributed by atoms with Crippen molar-refractivity contribution in [3.05, 3.63) is 0 Å². The van der Waals surface area contributed by atoms with E-state index in [1.165, 1.54) is 70.9 Å². The summed E-state index contributed by atoms with van der Waals surface area (Å²) in [7, 11) is 0. The van der Waals surface area contributed by atoms with E-state index in [1.54, 1.807) is 0 Å². The number of nitrogens with zero attached hydrogens (tertiary/aromatic N) is 1. The second-order valence-electron chi connectivity index (χ2n) is 7.46. The maximum atomic E-state index is 6.18. The van der Waals surface area contributed by atoms with Gasteiger partial charge < -0.3 is 5.73 Å². The molecule has 0 aromatic heterocycles. The summed E-state index contributed by atoms with van der Waals surface area (Å²) >= 11 is 0. The van der Waals surface area contributed by atoms with Crippen LogP contribution in [0.5, 0.6) is 0 Å². The molecule has 2 N–H and O–H groups in total. The van der Waals surface area contributed by atoms with Gasteiger partial charge in [0.2, 0.25) is 0 Å². The Morgan fingerprint density at radius 3 is 2.65 bits per heavy atom. The zero-order chi connectivity index (χ0) is 14.4. The zero-order valence-electron chi connectivity index (χ0n) is 13.8. The molecule has 1 saturated carbocycles. The van der Waals surface area contributed by atoms with Crippen molar-refractivity contribution < 1.29 is 0 Å². The molecule has 0 spiro atoms. The van der Waals surface area contributed by atoms with Gasteiger partial charge in [-0.2, -0.15) is 0 Å². The fourth-order valence-corrected chi connectivity index (χ4v) is 4.69. The van der Waals surface area contributed by atoms with E-state index < -0.39 is 0 Å². The third-order valence-corrected chi connectivity index (χ3v) is 5.81. The van der Waals surface area contributed by atoms with E-state index in [-0.39, 0.29) is 0 Å². The average molecular weight is 280 g/mol. The quantitative estimate of drug-likeness (QED) is 0.823. The largest absolute Gasteiger partial charge is 0.329 e. The summed E-state index contributed by atoms with van der Waals surface area (Å²) in [5, 5.41) is 0. The Bertz CT molecular complexity index is 266. The third kappa shape index (κ3) is 4.46. The Balaban J connectivity index is 1.90. The minimum Gasteiger partial charge on any atom is -0.329 e. The van der Waals surface area contributed by atoms with Gasteiger partial charge in [0.1, 0.15) is 0 Å². The maximum absolute atomic E-state index is 6.18. The van der Waals surface area contributed by atoms with Crippen LogP contribution in [0.4, 0.5) is 0 Å². The first kappa shape index (κ1) is 16.3. The SMILES string of the molecule is CCCC1CCCN(C(CN)C2CCCC(C)C2)CC1. The zero-order valence-corrected chi connectivity index (χ0v) is 13.8. The first-order chi connectivity index (χ1) is 9.74. The lowest BCUT2D eigenvalue weighted by Gasteiger charge is -2.39. The van der Waals surface area contributed by atoms with Crippen LogP contribution in [0.15, 0.2) is 0 Å². The van der Waals surface area contributed by atoms with Gasteiger partial charge in [-0.15, -0.1) is 0 Å². The molecule has 1 aliphatic heterocycles. The van der Waals surface area contributed by atoms with Crippen LogP contribution >= 0.6 is 0 Å². The van der Waals surface area contributed by atoms with E-state index in [2.05, 4.69) is 18.7 Å². The molecule has 0 amide bonds. The van der Waals surface area contributed by atoms with Crippen molar-refractivity contribution in [2.75, 3.05) is 19.6 Å². The number of nitrogens with two attached hydrogens (primary N) is 1. The normalized spacial score (nSPS) is 34.6. The van der Waals surface area contributed by atoms with Crippen molar-refractivity contribution in [1.82, 2.24) is 4.90 Å². The summed E-state index contributed by atoms with van der Waals surface area (Å²) in [6.45, 7) is 8.23. The van der Waals surface area contributed by atoms with Crippen molar-refractivity contribution in [3.63, 3.8) is 0 Å². The van der Waals surface area contributed by atoms with E-state index in [9.17, 15) is 0 Å². The van der Waals surface area contributed by atoms with Crippen LogP contribution in [0.2, 0.25) is 0 Å². The Kier molecular flexibility index (Phi) is 6.83. The standard InChI is InChI=1S/C18H36N2/c1-3-6-16-8-5-11-20(12-10-16)18(14-19)17-9-4-7-15(2)13-17/h15-18H,3-14,19H2,1-2H3. The van der Waals surface area contributed by atoms with E-state index in [0.29, 0.717) is 6.04 Å². The molecule has 2 nitrogen and oxygen atoms in total. The Morgan fingerprint density at radius 2 is 1.95 bits per heavy atom. The molecule has 0 radical (unpaired) electrons. The first-order valence-electron chi connectivity index (χ1n) is 9.18. The number of hydrogen-bond acceptors (Lipinski definition) is 2. The monoisotopic (exact) mass is 280 g/mol. The molecule has 0 aromatic carbocycles. The lowest BCUT2D eigenvalue weighted by molar-refractivity contribution is 0.109. The van der Waals surface area contributed by atoms with Crippen molar-refractivity contribution in [3.8, 4) is 0 Å². The molecule has 2 heteroatoms. The van der Waals surface area contributed by atoms with Gasteiger partial charge in [-0.1, -0.05) is 39.5 Å². The van der Waals surface area contributed by atoms with Crippen LogP contribution in [0.1, 0.15) is 71.6 Å². The second kappa shape index (κ2) is 8.38. The lowest BCUT2D eigenvalue weighted by Crippen LogP contribution is -2.47. The van der Waals surface area contributed by atoms with E-state index in [1.807, 2.05) is 0 Å². The molecule has 1 saturated heterocycles. The van der Waals surface area contributed by atoms with Crippen LogP contribution < -0.4 is 5.73 Å². The lowest BCUT2D eigenvalue weighted by atomic mass is 9.78. The summed E-state index contributed by atoms with van der Waals surface area (Å²) < 4.78 is 0. The minimum absolute atomic E-state index is 0.665. The molecular weight excluding hydrogens is 244 g/mol. The second-order valence-corrected chi connectivity index (χ2v) is 7.46. The highest BCUT2D eigenvalue weighted by Crippen LogP contribution is 2.33. The Hall–Kier alpha value is -0.0800. The van der Waals surface area contributed by atoms with Gasteiger partial charge in [-0.05, 0) is 62.9 Å². The molecule has 4 atom stereocenters. The summed E-state index contributed by atoms with van der Waals surface area (Å²) in [6.07, 6.45) is 12.7. The average Bonchev–Trinajstić information content (AvgIpc) is 2.66. The molecule has 0 bridgehead atoms. The molecular formula is C18H36N2. The van der Waals surface area contributed by atoms with E-state index in [0.717, 1.165) is 24.3 Å². The van der Waals surface area contributed by atoms with E-state index >= 15 is 0 Å². The fourth-order valence-electron chi connectivity index (χ4n) is 4.69. The van der Waals surface area contributed by atoms with Gasteiger partial charge in [-0.3, -0.25) is 4.90 Å². The van der Waals surface area contributed by atoms with Crippen LogP contribution in [0, 0.1) is 17.8 Å². The van der Waals surface area contributed by atoms with Crippen LogP contribution in [-0.4, -0.2) is 30.6 Å². The molecule has 118 valence electrons. The number of rotatable bonds is 5. The highest BCUT2D eigenvalue weighted by atomic mass is 15.2. The first-order valence-corrected chi connectivity index (χ1v) is 9.18. The smallest absolute Gasteiger partial charge is 0.0246 e.